The summed E-state index contributed by atoms with van der Waals surface area (Å²) in [5.41, 5.74) is 5.77. The van der Waals surface area contributed by atoms with E-state index in [2.05, 4.69) is 23.2 Å². The molecule has 0 bridgehead atoms. The van der Waals surface area contributed by atoms with Gasteiger partial charge in [-0.25, -0.2) is 0 Å². The summed E-state index contributed by atoms with van der Waals surface area (Å²) in [6.45, 7) is 9.32. The van der Waals surface area contributed by atoms with Crippen LogP contribution < -0.4 is 5.32 Å². The third-order valence-electron chi connectivity index (χ3n) is 8.26. The van der Waals surface area contributed by atoms with Crippen LogP contribution in [0.2, 0.25) is 0 Å². The fourth-order valence-electron chi connectivity index (χ4n) is 5.73. The summed E-state index contributed by atoms with van der Waals surface area (Å²) in [4.78, 5) is 25.9. The summed E-state index contributed by atoms with van der Waals surface area (Å²) >= 11 is 0. The van der Waals surface area contributed by atoms with Crippen LogP contribution >= 0.6 is 0 Å². The molecule has 0 spiro atoms. The maximum atomic E-state index is 12.3. The maximum absolute atomic E-state index is 12.3. The zero-order valence-corrected chi connectivity index (χ0v) is 25.6. The predicted molar refractivity (Wildman–Crippen MR) is 165 cm³/mol. The van der Waals surface area contributed by atoms with E-state index in [1.807, 2.05) is 66.7 Å². The quantitative estimate of drug-likeness (QED) is 0.326. The van der Waals surface area contributed by atoms with Crippen LogP contribution in [0.3, 0.4) is 0 Å². The Kier molecular flexibility index (Phi) is 10.8. The molecule has 2 heterocycles. The number of hydrogen-bond acceptors (Lipinski definition) is 8. The molecule has 9 heteroatoms. The lowest BCUT2D eigenvalue weighted by atomic mass is 9.89. The normalized spacial score (nSPS) is 23.1. The first-order chi connectivity index (χ1) is 21.3. The average Bonchev–Trinajstić information content (AvgIpc) is 3.05. The van der Waals surface area contributed by atoms with Crippen LogP contribution in [-0.4, -0.2) is 66.9 Å². The van der Waals surface area contributed by atoms with Gasteiger partial charge in [-0.15, -0.1) is 0 Å². The van der Waals surface area contributed by atoms with Gasteiger partial charge >= 0.3 is 5.97 Å². The molecule has 3 aromatic carbocycles. The van der Waals surface area contributed by atoms with E-state index in [1.54, 1.807) is 6.92 Å². The number of nitrogens with one attached hydrogen (secondary N) is 1. The van der Waals surface area contributed by atoms with Crippen molar-refractivity contribution in [2.45, 2.75) is 58.5 Å². The molecule has 44 heavy (non-hydrogen) atoms. The summed E-state index contributed by atoms with van der Waals surface area (Å²) in [7, 11) is 0. The van der Waals surface area contributed by atoms with Crippen molar-refractivity contribution in [1.82, 2.24) is 10.2 Å². The summed E-state index contributed by atoms with van der Waals surface area (Å²) in [6, 6.07) is 24.1. The van der Waals surface area contributed by atoms with Crippen LogP contribution in [0, 0.1) is 5.92 Å². The number of amides is 1. The first-order valence-electron chi connectivity index (χ1n) is 15.3. The minimum atomic E-state index is -0.853. The van der Waals surface area contributed by atoms with E-state index < -0.39 is 18.4 Å². The molecule has 9 nitrogen and oxygen atoms in total. The van der Waals surface area contributed by atoms with Crippen LogP contribution in [0.1, 0.15) is 55.4 Å². The third-order valence-corrected chi connectivity index (χ3v) is 8.26. The molecule has 0 saturated carbocycles. The number of esters is 1. The topological polar surface area (TPSA) is 107 Å². The molecular weight excluding hydrogens is 560 g/mol. The van der Waals surface area contributed by atoms with Crippen LogP contribution in [0.4, 0.5) is 0 Å². The Morgan fingerprint density at radius 1 is 0.955 bits per heavy atom. The lowest BCUT2D eigenvalue weighted by Gasteiger charge is -2.43. The summed E-state index contributed by atoms with van der Waals surface area (Å²) < 4.78 is 23.9. The molecule has 3 aromatic rings. The van der Waals surface area contributed by atoms with Gasteiger partial charge < -0.3 is 29.4 Å². The molecule has 0 aliphatic carbocycles. The Balaban J connectivity index is 1.35. The zero-order valence-electron chi connectivity index (χ0n) is 25.6. The SMILES string of the molecule is CC(=O)O[C@@H](C)C(=O)NCc1cccc(-c2cccc([C@@H]3O[C@H](CN4CCOCC4)[C@H](C)[C@H](c4ccc(CO)cc4)O3)c2)c1. The highest BCUT2D eigenvalue weighted by molar-refractivity contribution is 5.82. The standard InChI is InChI=1S/C35H42N2O7/c1-23-32(21-37-14-16-41-17-15-37)43-35(44-33(23)28-12-10-26(22-38)11-13-28)31-9-5-8-30(19-31)29-7-4-6-27(18-29)20-36-34(40)24(2)42-25(3)39/h4-13,18-19,23-24,32-33,35,38H,14-17,20-22H2,1-3H3,(H,36,40)/t23-,24-,32+,33+,35+/m0/s1. The lowest BCUT2D eigenvalue weighted by Crippen LogP contribution is -2.47. The van der Waals surface area contributed by atoms with E-state index in [9.17, 15) is 14.7 Å². The van der Waals surface area contributed by atoms with Gasteiger partial charge in [-0.05, 0) is 46.9 Å². The number of ether oxygens (including phenoxy) is 4. The van der Waals surface area contributed by atoms with Crippen LogP contribution in [0.5, 0.6) is 0 Å². The van der Waals surface area contributed by atoms with E-state index in [1.165, 1.54) is 6.92 Å². The van der Waals surface area contributed by atoms with Crippen molar-refractivity contribution in [1.29, 1.82) is 0 Å². The average molecular weight is 603 g/mol. The second kappa shape index (κ2) is 14.9. The summed E-state index contributed by atoms with van der Waals surface area (Å²) in [5.74, 6) is -0.735. The predicted octanol–water partition coefficient (Wildman–Crippen LogP) is 4.54. The Hall–Kier alpha value is -3.60. The van der Waals surface area contributed by atoms with Crippen molar-refractivity contribution < 1.29 is 33.6 Å². The van der Waals surface area contributed by atoms with Gasteiger partial charge in [0.2, 0.25) is 0 Å². The van der Waals surface area contributed by atoms with Gasteiger partial charge in [-0.1, -0.05) is 67.6 Å². The summed E-state index contributed by atoms with van der Waals surface area (Å²) in [6.07, 6.45) is -1.66. The molecule has 5 rings (SSSR count). The number of aliphatic hydroxyl groups excluding tert-OH is 1. The Bertz CT molecular complexity index is 1410. The molecule has 1 amide bonds. The number of carbonyl (C=O) groups is 2. The number of rotatable bonds is 10. The van der Waals surface area contributed by atoms with E-state index in [0.29, 0.717) is 6.54 Å². The minimum absolute atomic E-state index is 0.000512. The second-order valence-corrected chi connectivity index (χ2v) is 11.5. The molecule has 2 aliphatic heterocycles. The maximum Gasteiger partial charge on any atom is 0.303 e. The number of nitrogens with zero attached hydrogens (tertiary/aromatic N) is 1. The fourth-order valence-corrected chi connectivity index (χ4v) is 5.73. The van der Waals surface area contributed by atoms with Crippen LogP contribution in [0.15, 0.2) is 72.8 Å². The zero-order chi connectivity index (χ0) is 31.1. The molecule has 0 aromatic heterocycles. The van der Waals surface area contributed by atoms with Crippen molar-refractivity contribution in [2.24, 2.45) is 5.92 Å². The highest BCUT2D eigenvalue weighted by Crippen LogP contribution is 2.42. The van der Waals surface area contributed by atoms with Crippen molar-refractivity contribution in [2.75, 3.05) is 32.8 Å². The van der Waals surface area contributed by atoms with E-state index >= 15 is 0 Å². The largest absolute Gasteiger partial charge is 0.453 e. The first-order valence-corrected chi connectivity index (χ1v) is 15.3. The molecule has 0 unspecified atom stereocenters. The van der Waals surface area contributed by atoms with Crippen molar-refractivity contribution in [3.8, 4) is 11.1 Å². The molecule has 2 N–H and O–H groups in total. The molecular formula is C35H42N2O7. The van der Waals surface area contributed by atoms with Crippen molar-refractivity contribution >= 4 is 11.9 Å². The van der Waals surface area contributed by atoms with Gasteiger partial charge in [0.1, 0.15) is 0 Å². The van der Waals surface area contributed by atoms with Crippen LogP contribution in [0.25, 0.3) is 11.1 Å². The number of morpholine rings is 1. The Morgan fingerprint density at radius 2 is 1.66 bits per heavy atom. The smallest absolute Gasteiger partial charge is 0.303 e. The first kappa shape index (κ1) is 31.8. The van der Waals surface area contributed by atoms with Gasteiger partial charge in [0, 0.05) is 44.6 Å². The molecule has 2 aliphatic rings. The lowest BCUT2D eigenvalue weighted by molar-refractivity contribution is -0.277. The van der Waals surface area contributed by atoms with Crippen molar-refractivity contribution in [3.05, 3.63) is 95.1 Å². The number of hydrogen-bond donors (Lipinski definition) is 2. The Labute approximate surface area is 259 Å². The molecule has 5 atom stereocenters. The molecule has 2 saturated heterocycles. The number of carbonyl (C=O) groups excluding carboxylic acids is 2. The third kappa shape index (κ3) is 8.11. The van der Waals surface area contributed by atoms with Gasteiger partial charge in [0.05, 0.1) is 32.0 Å². The van der Waals surface area contributed by atoms with Gasteiger partial charge in [0.15, 0.2) is 12.4 Å². The van der Waals surface area contributed by atoms with E-state index in [4.69, 9.17) is 18.9 Å². The minimum Gasteiger partial charge on any atom is -0.453 e. The van der Waals surface area contributed by atoms with E-state index in [0.717, 1.165) is 66.2 Å². The summed E-state index contributed by atoms with van der Waals surface area (Å²) in [5, 5.41) is 12.4. The van der Waals surface area contributed by atoms with Crippen LogP contribution in [-0.2, 0) is 41.7 Å². The number of benzene rings is 3. The molecule has 0 radical (unpaired) electrons. The second-order valence-electron chi connectivity index (χ2n) is 11.5. The molecule has 234 valence electrons. The highest BCUT2D eigenvalue weighted by atomic mass is 16.7. The highest BCUT2D eigenvalue weighted by Gasteiger charge is 2.39. The van der Waals surface area contributed by atoms with Crippen molar-refractivity contribution in [3.63, 3.8) is 0 Å². The molecule has 2 fully saturated rings. The Morgan fingerprint density at radius 3 is 2.36 bits per heavy atom. The van der Waals surface area contributed by atoms with E-state index in [-0.39, 0.29) is 30.6 Å². The fraction of sp³-hybridized carbons (Fsp3) is 0.429. The monoisotopic (exact) mass is 602 g/mol. The van der Waals surface area contributed by atoms with Gasteiger partial charge in [0.25, 0.3) is 5.91 Å². The number of aliphatic hydroxyl groups is 1. The van der Waals surface area contributed by atoms with Gasteiger partial charge in [-0.2, -0.15) is 0 Å². The van der Waals surface area contributed by atoms with Gasteiger partial charge in [-0.3, -0.25) is 14.5 Å².